The molecule has 0 N–H and O–H groups in total. The van der Waals surface area contributed by atoms with Crippen LogP contribution in [0.15, 0.2) is 84.9 Å². The number of para-hydroxylation sites is 1. The van der Waals surface area contributed by atoms with Crippen LogP contribution < -0.4 is 0 Å². The monoisotopic (exact) mass is 375 g/mol. The highest BCUT2D eigenvalue weighted by Crippen LogP contribution is 2.45. The third-order valence-electron chi connectivity index (χ3n) is 6.15. The number of hydrogen-bond donors (Lipinski definition) is 0. The first-order valence-electron chi connectivity index (χ1n) is 9.50. The number of hydrogen-bond acceptors (Lipinski definition) is 0. The van der Waals surface area contributed by atoms with E-state index in [-0.39, 0.29) is 0 Å². The smallest absolute Gasteiger partial charge is 0.0626 e. The minimum absolute atomic E-state index is 0.779. The molecule has 5 aromatic carbocycles. The van der Waals surface area contributed by atoms with Gasteiger partial charge in [-0.3, -0.25) is 0 Å². The molecular formula is C26H14ClN. The van der Waals surface area contributed by atoms with Gasteiger partial charge in [-0.15, -0.1) is 0 Å². The Bertz CT molecular complexity index is 1720. The van der Waals surface area contributed by atoms with E-state index in [1.165, 1.54) is 59.6 Å². The maximum absolute atomic E-state index is 6.35. The molecule has 2 aromatic heterocycles. The van der Waals surface area contributed by atoms with Gasteiger partial charge in [-0.25, -0.2) is 0 Å². The summed E-state index contributed by atoms with van der Waals surface area (Å²) in [6.07, 6.45) is 0. The zero-order valence-corrected chi connectivity index (χ0v) is 15.7. The van der Waals surface area contributed by atoms with Gasteiger partial charge in [0.1, 0.15) is 0 Å². The quantitative estimate of drug-likeness (QED) is 0.238. The van der Waals surface area contributed by atoms with Crippen LogP contribution in [0.1, 0.15) is 0 Å². The molecule has 0 aliphatic rings. The van der Waals surface area contributed by atoms with E-state index in [2.05, 4.69) is 83.3 Å². The summed E-state index contributed by atoms with van der Waals surface area (Å²) in [6.45, 7) is 0. The lowest BCUT2D eigenvalue weighted by atomic mass is 9.96. The maximum Gasteiger partial charge on any atom is 0.0626 e. The van der Waals surface area contributed by atoms with Crippen LogP contribution in [0.25, 0.3) is 59.6 Å². The van der Waals surface area contributed by atoms with E-state index in [1.54, 1.807) is 0 Å². The second-order valence-corrected chi connectivity index (χ2v) is 7.95. The number of aromatic nitrogens is 1. The largest absolute Gasteiger partial charge is 0.307 e. The molecule has 0 fully saturated rings. The highest BCUT2D eigenvalue weighted by Gasteiger charge is 2.21. The maximum atomic E-state index is 6.35. The van der Waals surface area contributed by atoms with Gasteiger partial charge in [-0.2, -0.15) is 0 Å². The predicted octanol–water partition coefficient (Wildman–Crippen LogP) is 7.80. The zero-order chi connectivity index (χ0) is 18.4. The number of halogens is 1. The number of rotatable bonds is 0. The van der Waals surface area contributed by atoms with Crippen molar-refractivity contribution in [2.75, 3.05) is 0 Å². The Morgan fingerprint density at radius 2 is 1.11 bits per heavy atom. The molecule has 0 atom stereocenters. The Labute approximate surface area is 165 Å². The normalized spacial score (nSPS) is 12.5. The van der Waals surface area contributed by atoms with Crippen molar-refractivity contribution in [1.82, 2.24) is 4.40 Å². The molecule has 0 amide bonds. The van der Waals surface area contributed by atoms with Crippen molar-refractivity contribution >= 4 is 71.2 Å². The fourth-order valence-corrected chi connectivity index (χ4v) is 5.27. The summed E-state index contributed by atoms with van der Waals surface area (Å²) in [5.74, 6) is 0. The minimum Gasteiger partial charge on any atom is -0.307 e. The molecule has 0 saturated carbocycles. The molecule has 0 bridgehead atoms. The fraction of sp³-hybridized carbons (Fsp3) is 0. The van der Waals surface area contributed by atoms with Crippen LogP contribution in [0.3, 0.4) is 0 Å². The Kier molecular flexibility index (Phi) is 2.60. The molecule has 0 spiro atoms. The molecule has 7 aromatic rings. The molecule has 2 heterocycles. The standard InChI is InChI=1S/C26H14ClN/c27-15-12-13-23-22(14-15)20-10-5-11-21-24-18-8-3-1-6-16(18)17-7-2-4-9-19(17)26(24)28(23)25(20)21/h1-14H. The molecule has 130 valence electrons. The van der Waals surface area contributed by atoms with Crippen molar-refractivity contribution in [3.05, 3.63) is 90.0 Å². The van der Waals surface area contributed by atoms with E-state index in [4.69, 9.17) is 11.6 Å². The average Bonchev–Trinajstić information content (AvgIpc) is 3.26. The Morgan fingerprint density at radius 1 is 0.500 bits per heavy atom. The summed E-state index contributed by atoms with van der Waals surface area (Å²) in [6, 6.07) is 30.4. The highest BCUT2D eigenvalue weighted by atomic mass is 35.5. The Balaban J connectivity index is 1.97. The van der Waals surface area contributed by atoms with Gasteiger partial charge >= 0.3 is 0 Å². The SMILES string of the molecule is Clc1ccc2c(c1)c1cccc3c4c5ccccc5c5ccccc5c4n2c13. The molecule has 0 saturated heterocycles. The number of benzene rings is 5. The van der Waals surface area contributed by atoms with Gasteiger partial charge < -0.3 is 4.40 Å². The van der Waals surface area contributed by atoms with Crippen molar-refractivity contribution in [3.63, 3.8) is 0 Å². The van der Waals surface area contributed by atoms with E-state index in [0.29, 0.717) is 0 Å². The van der Waals surface area contributed by atoms with Crippen LogP contribution in [0.5, 0.6) is 0 Å². The lowest BCUT2D eigenvalue weighted by Gasteiger charge is -2.08. The van der Waals surface area contributed by atoms with Gasteiger partial charge in [0.2, 0.25) is 0 Å². The van der Waals surface area contributed by atoms with E-state index in [0.717, 1.165) is 5.02 Å². The molecule has 0 aliphatic carbocycles. The average molecular weight is 376 g/mol. The summed E-state index contributed by atoms with van der Waals surface area (Å²) >= 11 is 6.35. The second-order valence-electron chi connectivity index (χ2n) is 7.51. The molecule has 28 heavy (non-hydrogen) atoms. The minimum atomic E-state index is 0.779. The molecular weight excluding hydrogens is 362 g/mol. The molecule has 0 radical (unpaired) electrons. The highest BCUT2D eigenvalue weighted by molar-refractivity contribution is 6.36. The summed E-state index contributed by atoms with van der Waals surface area (Å²) < 4.78 is 2.44. The molecule has 7 rings (SSSR count). The van der Waals surface area contributed by atoms with Crippen LogP contribution in [0, 0.1) is 0 Å². The van der Waals surface area contributed by atoms with Gasteiger partial charge in [-0.1, -0.05) is 78.3 Å². The van der Waals surface area contributed by atoms with Crippen LogP contribution in [0.2, 0.25) is 5.02 Å². The molecule has 1 nitrogen and oxygen atoms in total. The van der Waals surface area contributed by atoms with Crippen LogP contribution in [0.4, 0.5) is 0 Å². The van der Waals surface area contributed by atoms with Gasteiger partial charge in [0.05, 0.1) is 16.6 Å². The molecule has 0 aliphatic heterocycles. The van der Waals surface area contributed by atoms with E-state index >= 15 is 0 Å². The van der Waals surface area contributed by atoms with Gasteiger partial charge in [0, 0.05) is 32.0 Å². The molecule has 0 unspecified atom stereocenters. The lowest BCUT2D eigenvalue weighted by molar-refractivity contribution is 1.38. The van der Waals surface area contributed by atoms with Crippen molar-refractivity contribution < 1.29 is 0 Å². The summed E-state index contributed by atoms with van der Waals surface area (Å²) in [7, 11) is 0. The second kappa shape index (κ2) is 4.95. The summed E-state index contributed by atoms with van der Waals surface area (Å²) in [4.78, 5) is 0. The van der Waals surface area contributed by atoms with Crippen molar-refractivity contribution in [1.29, 1.82) is 0 Å². The third kappa shape index (κ3) is 1.60. The third-order valence-corrected chi connectivity index (χ3v) is 6.38. The van der Waals surface area contributed by atoms with E-state index in [9.17, 15) is 0 Å². The van der Waals surface area contributed by atoms with Crippen LogP contribution in [-0.4, -0.2) is 4.40 Å². The topological polar surface area (TPSA) is 4.41 Å². The summed E-state index contributed by atoms with van der Waals surface area (Å²) in [5, 5.41) is 11.1. The van der Waals surface area contributed by atoms with Crippen LogP contribution in [-0.2, 0) is 0 Å². The number of fused-ring (bicyclic) bond motifs is 11. The van der Waals surface area contributed by atoms with Crippen molar-refractivity contribution in [2.24, 2.45) is 0 Å². The van der Waals surface area contributed by atoms with Gasteiger partial charge in [0.15, 0.2) is 0 Å². The number of nitrogens with zero attached hydrogens (tertiary/aromatic N) is 1. The van der Waals surface area contributed by atoms with Crippen LogP contribution >= 0.6 is 11.6 Å². The first kappa shape index (κ1) is 14.7. The lowest BCUT2D eigenvalue weighted by Crippen LogP contribution is -1.85. The van der Waals surface area contributed by atoms with E-state index in [1.807, 2.05) is 6.07 Å². The molecule has 2 heteroatoms. The first-order valence-corrected chi connectivity index (χ1v) is 9.87. The Hall–Kier alpha value is -3.29. The van der Waals surface area contributed by atoms with E-state index < -0.39 is 0 Å². The first-order chi connectivity index (χ1) is 13.8. The predicted molar refractivity (Wildman–Crippen MR) is 121 cm³/mol. The van der Waals surface area contributed by atoms with Gasteiger partial charge in [0.25, 0.3) is 0 Å². The Morgan fingerprint density at radius 3 is 1.93 bits per heavy atom. The fourth-order valence-electron chi connectivity index (χ4n) is 5.10. The summed E-state index contributed by atoms with van der Waals surface area (Å²) in [5.41, 5.74) is 3.79. The van der Waals surface area contributed by atoms with Gasteiger partial charge in [-0.05, 0) is 34.4 Å². The zero-order valence-electron chi connectivity index (χ0n) is 14.9. The van der Waals surface area contributed by atoms with Crippen molar-refractivity contribution in [2.45, 2.75) is 0 Å². The van der Waals surface area contributed by atoms with Crippen molar-refractivity contribution in [3.8, 4) is 0 Å².